The van der Waals surface area contributed by atoms with Crippen LogP contribution in [0.15, 0.2) is 54.6 Å². The van der Waals surface area contributed by atoms with Gasteiger partial charge in [0.05, 0.1) is 12.2 Å². The molecule has 0 saturated carbocycles. The maximum absolute atomic E-state index is 13.2. The Morgan fingerprint density at radius 3 is 2.57 bits per heavy atom. The SMILES string of the molecule is CCC1CC(O)C(O)C(c2ccc(C)c(Cc3ccc(-c4ccc(F)cc4)s3)c2)O1. The number of hydrogen-bond donors (Lipinski definition) is 2. The summed E-state index contributed by atoms with van der Waals surface area (Å²) in [5.41, 5.74) is 4.25. The fourth-order valence-corrected chi connectivity index (χ4v) is 5.02. The zero-order chi connectivity index (χ0) is 21.3. The molecule has 1 fully saturated rings. The minimum atomic E-state index is -0.921. The molecule has 0 bridgehead atoms. The van der Waals surface area contributed by atoms with Crippen LogP contribution in [0.4, 0.5) is 4.39 Å². The highest BCUT2D eigenvalue weighted by atomic mass is 32.1. The van der Waals surface area contributed by atoms with Gasteiger partial charge in [-0.2, -0.15) is 0 Å². The summed E-state index contributed by atoms with van der Waals surface area (Å²) in [6, 6.07) is 16.9. The van der Waals surface area contributed by atoms with Gasteiger partial charge in [-0.3, -0.25) is 0 Å². The molecule has 0 aliphatic carbocycles. The normalized spacial score (nSPS) is 24.2. The fraction of sp³-hybridized carbons (Fsp3) is 0.360. The van der Waals surface area contributed by atoms with Gasteiger partial charge in [-0.25, -0.2) is 4.39 Å². The largest absolute Gasteiger partial charge is 0.390 e. The van der Waals surface area contributed by atoms with Gasteiger partial charge in [0.1, 0.15) is 18.0 Å². The molecule has 1 aromatic heterocycles. The van der Waals surface area contributed by atoms with Gasteiger partial charge in [0, 0.05) is 22.6 Å². The summed E-state index contributed by atoms with van der Waals surface area (Å²) >= 11 is 1.70. The highest BCUT2D eigenvalue weighted by Crippen LogP contribution is 2.35. The van der Waals surface area contributed by atoms with E-state index in [0.29, 0.717) is 6.42 Å². The quantitative estimate of drug-likeness (QED) is 0.573. The third-order valence-electron chi connectivity index (χ3n) is 5.86. The van der Waals surface area contributed by atoms with Gasteiger partial charge in [-0.05, 0) is 59.9 Å². The molecule has 4 unspecified atom stereocenters. The Kier molecular flexibility index (Phi) is 6.34. The summed E-state index contributed by atoms with van der Waals surface area (Å²) in [6.07, 6.45) is -0.211. The number of aliphatic hydroxyl groups is 2. The van der Waals surface area contributed by atoms with E-state index in [2.05, 4.69) is 31.2 Å². The average Bonchev–Trinajstić information content (AvgIpc) is 3.20. The van der Waals surface area contributed by atoms with Crippen molar-refractivity contribution in [2.75, 3.05) is 0 Å². The predicted octanol–water partition coefficient (Wildman–Crippen LogP) is 5.42. The van der Waals surface area contributed by atoms with Crippen molar-refractivity contribution in [3.05, 3.63) is 82.0 Å². The molecule has 1 aliphatic heterocycles. The van der Waals surface area contributed by atoms with Crippen molar-refractivity contribution in [3.63, 3.8) is 0 Å². The van der Waals surface area contributed by atoms with Gasteiger partial charge in [0.2, 0.25) is 0 Å². The molecule has 2 heterocycles. The van der Waals surface area contributed by atoms with Crippen LogP contribution in [0, 0.1) is 12.7 Å². The van der Waals surface area contributed by atoms with E-state index < -0.39 is 18.3 Å². The van der Waals surface area contributed by atoms with E-state index in [1.54, 1.807) is 23.5 Å². The first-order chi connectivity index (χ1) is 14.4. The molecular formula is C25H27FO3S. The van der Waals surface area contributed by atoms with Crippen LogP contribution in [0.1, 0.15) is 47.4 Å². The molecule has 0 spiro atoms. The number of thiophene rings is 1. The number of rotatable bonds is 5. The van der Waals surface area contributed by atoms with Crippen LogP contribution >= 0.6 is 11.3 Å². The van der Waals surface area contributed by atoms with Crippen LogP contribution in [0.5, 0.6) is 0 Å². The summed E-state index contributed by atoms with van der Waals surface area (Å²) in [5.74, 6) is -0.231. The van der Waals surface area contributed by atoms with Crippen molar-refractivity contribution in [1.29, 1.82) is 0 Å². The average molecular weight is 427 g/mol. The summed E-state index contributed by atoms with van der Waals surface area (Å²) < 4.78 is 19.3. The molecule has 158 valence electrons. The van der Waals surface area contributed by atoms with Gasteiger partial charge < -0.3 is 14.9 Å². The van der Waals surface area contributed by atoms with E-state index in [4.69, 9.17) is 4.74 Å². The lowest BCUT2D eigenvalue weighted by atomic mass is 9.90. The first-order valence-electron chi connectivity index (χ1n) is 10.4. The van der Waals surface area contributed by atoms with E-state index >= 15 is 0 Å². The Morgan fingerprint density at radius 1 is 1.07 bits per heavy atom. The maximum Gasteiger partial charge on any atom is 0.123 e. The first-order valence-corrected chi connectivity index (χ1v) is 11.2. The van der Waals surface area contributed by atoms with E-state index in [0.717, 1.165) is 28.8 Å². The van der Waals surface area contributed by atoms with Crippen LogP contribution in [-0.2, 0) is 11.2 Å². The molecule has 0 radical (unpaired) electrons. The van der Waals surface area contributed by atoms with Crippen molar-refractivity contribution >= 4 is 11.3 Å². The third kappa shape index (κ3) is 4.49. The smallest absolute Gasteiger partial charge is 0.123 e. The van der Waals surface area contributed by atoms with Crippen LogP contribution in [-0.4, -0.2) is 28.5 Å². The number of ether oxygens (including phenoxy) is 1. The van der Waals surface area contributed by atoms with E-state index in [1.807, 2.05) is 13.0 Å². The fourth-order valence-electron chi connectivity index (χ4n) is 3.98. The van der Waals surface area contributed by atoms with Crippen LogP contribution < -0.4 is 0 Å². The van der Waals surface area contributed by atoms with Crippen molar-refractivity contribution < 1.29 is 19.3 Å². The second-order valence-electron chi connectivity index (χ2n) is 8.02. The molecule has 5 heteroatoms. The summed E-state index contributed by atoms with van der Waals surface area (Å²) in [7, 11) is 0. The number of halogens is 1. The van der Waals surface area contributed by atoms with Crippen molar-refractivity contribution in [3.8, 4) is 10.4 Å². The second-order valence-corrected chi connectivity index (χ2v) is 9.18. The van der Waals surface area contributed by atoms with Gasteiger partial charge in [0.15, 0.2) is 0 Å². The Labute approximate surface area is 180 Å². The summed E-state index contributed by atoms with van der Waals surface area (Å²) in [4.78, 5) is 2.32. The van der Waals surface area contributed by atoms with E-state index in [-0.39, 0.29) is 11.9 Å². The Bertz CT molecular complexity index is 998. The molecule has 3 aromatic rings. The number of benzene rings is 2. The number of hydrogen-bond acceptors (Lipinski definition) is 4. The molecule has 30 heavy (non-hydrogen) atoms. The van der Waals surface area contributed by atoms with Crippen LogP contribution in [0.3, 0.4) is 0 Å². The molecular weight excluding hydrogens is 399 g/mol. The predicted molar refractivity (Wildman–Crippen MR) is 118 cm³/mol. The highest BCUT2D eigenvalue weighted by molar-refractivity contribution is 7.15. The van der Waals surface area contributed by atoms with E-state index in [9.17, 15) is 14.6 Å². The van der Waals surface area contributed by atoms with Gasteiger partial charge in [0.25, 0.3) is 0 Å². The van der Waals surface area contributed by atoms with Crippen molar-refractivity contribution in [2.24, 2.45) is 0 Å². The maximum atomic E-state index is 13.2. The summed E-state index contributed by atoms with van der Waals surface area (Å²) in [5, 5.41) is 20.7. The lowest BCUT2D eigenvalue weighted by molar-refractivity contribution is -0.171. The van der Waals surface area contributed by atoms with Gasteiger partial charge >= 0.3 is 0 Å². The number of aryl methyl sites for hydroxylation is 1. The Balaban J connectivity index is 1.56. The topological polar surface area (TPSA) is 49.7 Å². The zero-order valence-electron chi connectivity index (χ0n) is 17.2. The van der Waals surface area contributed by atoms with Crippen molar-refractivity contribution in [2.45, 2.75) is 57.5 Å². The van der Waals surface area contributed by atoms with E-state index in [1.165, 1.54) is 28.1 Å². The molecule has 4 atom stereocenters. The molecule has 1 aliphatic rings. The molecule has 2 N–H and O–H groups in total. The lowest BCUT2D eigenvalue weighted by Crippen LogP contribution is -2.43. The highest BCUT2D eigenvalue weighted by Gasteiger charge is 2.37. The molecule has 3 nitrogen and oxygen atoms in total. The van der Waals surface area contributed by atoms with Gasteiger partial charge in [-0.1, -0.05) is 37.3 Å². The van der Waals surface area contributed by atoms with Gasteiger partial charge in [-0.15, -0.1) is 11.3 Å². The standard InChI is InChI=1S/C25H27FO3S/c1-3-20-14-22(27)24(28)25(29-20)17-5-4-15(2)18(12-17)13-21-10-11-23(30-21)16-6-8-19(26)9-7-16/h4-12,20,22,24-25,27-28H,3,13-14H2,1-2H3. The lowest BCUT2D eigenvalue weighted by Gasteiger charge is -2.37. The number of aliphatic hydroxyl groups excluding tert-OH is 2. The Morgan fingerprint density at radius 2 is 1.83 bits per heavy atom. The minimum Gasteiger partial charge on any atom is -0.390 e. The van der Waals surface area contributed by atoms with Crippen LogP contribution in [0.2, 0.25) is 0 Å². The third-order valence-corrected chi connectivity index (χ3v) is 6.99. The molecule has 4 rings (SSSR count). The zero-order valence-corrected chi connectivity index (χ0v) is 18.0. The van der Waals surface area contributed by atoms with Crippen LogP contribution in [0.25, 0.3) is 10.4 Å². The van der Waals surface area contributed by atoms with Crippen molar-refractivity contribution in [1.82, 2.24) is 0 Å². The second kappa shape index (κ2) is 8.98. The first kappa shape index (κ1) is 21.2. The monoisotopic (exact) mass is 426 g/mol. The molecule has 1 saturated heterocycles. The Hall–Kier alpha value is -2.05. The summed E-state index contributed by atoms with van der Waals surface area (Å²) in [6.45, 7) is 4.11. The minimum absolute atomic E-state index is 0.0475. The molecule has 2 aromatic carbocycles. The molecule has 0 amide bonds.